The monoisotopic (exact) mass is 188 g/mol. The van der Waals surface area contributed by atoms with Gasteiger partial charge in [0.15, 0.2) is 0 Å². The first-order valence-corrected chi connectivity index (χ1v) is 5.37. The molecular formula is C8H10FO2P. The molecular weight excluding hydrogens is 178 g/mol. The molecule has 0 radical (unpaired) electrons. The number of rotatable bonds is 3. The summed E-state index contributed by atoms with van der Waals surface area (Å²) in [6.07, 6.45) is 0.0160. The van der Waals surface area contributed by atoms with E-state index in [2.05, 4.69) is 0 Å². The van der Waals surface area contributed by atoms with Crippen LogP contribution in [0.2, 0.25) is 0 Å². The Morgan fingerprint density at radius 3 is 2.42 bits per heavy atom. The van der Waals surface area contributed by atoms with Crippen LogP contribution >= 0.6 is 7.68 Å². The van der Waals surface area contributed by atoms with Crippen molar-refractivity contribution in [1.29, 1.82) is 0 Å². The van der Waals surface area contributed by atoms with E-state index < -0.39 is 7.68 Å². The molecule has 0 aromatic heterocycles. The SMILES string of the molecule is O=P(O)(F)CCc1ccccc1. The molecule has 1 rings (SSSR count). The average molecular weight is 188 g/mol. The summed E-state index contributed by atoms with van der Waals surface area (Å²) >= 11 is 0. The second kappa shape index (κ2) is 3.83. The van der Waals surface area contributed by atoms with E-state index in [1.807, 2.05) is 18.2 Å². The highest BCUT2D eigenvalue weighted by Crippen LogP contribution is 2.42. The lowest BCUT2D eigenvalue weighted by Gasteiger charge is -2.00. The Morgan fingerprint density at radius 1 is 1.33 bits per heavy atom. The molecule has 2 nitrogen and oxygen atoms in total. The van der Waals surface area contributed by atoms with Crippen molar-refractivity contribution >= 4 is 7.68 Å². The van der Waals surface area contributed by atoms with Gasteiger partial charge in [0.2, 0.25) is 0 Å². The maximum Gasteiger partial charge on any atom is 0.365 e. The molecule has 0 aliphatic heterocycles. The van der Waals surface area contributed by atoms with E-state index in [4.69, 9.17) is 4.89 Å². The summed E-state index contributed by atoms with van der Waals surface area (Å²) in [7, 11) is -4.33. The molecule has 1 aromatic rings. The van der Waals surface area contributed by atoms with E-state index in [1.165, 1.54) is 0 Å². The van der Waals surface area contributed by atoms with E-state index in [9.17, 15) is 8.76 Å². The quantitative estimate of drug-likeness (QED) is 0.739. The van der Waals surface area contributed by atoms with Crippen LogP contribution in [-0.4, -0.2) is 11.1 Å². The minimum absolute atomic E-state index is 0.295. The van der Waals surface area contributed by atoms with Crippen molar-refractivity contribution in [3.8, 4) is 0 Å². The molecule has 0 aliphatic rings. The van der Waals surface area contributed by atoms with Gasteiger partial charge in [-0.15, -0.1) is 0 Å². The topological polar surface area (TPSA) is 37.3 Å². The van der Waals surface area contributed by atoms with E-state index in [0.717, 1.165) is 5.56 Å². The molecule has 1 unspecified atom stereocenters. The van der Waals surface area contributed by atoms with Crippen LogP contribution in [0.5, 0.6) is 0 Å². The van der Waals surface area contributed by atoms with Gasteiger partial charge in [-0.2, -0.15) is 4.20 Å². The van der Waals surface area contributed by atoms with Crippen LogP contribution in [0, 0.1) is 0 Å². The van der Waals surface area contributed by atoms with Crippen molar-refractivity contribution < 1.29 is 13.7 Å². The smallest absolute Gasteiger partial charge is 0.321 e. The van der Waals surface area contributed by atoms with E-state index in [-0.39, 0.29) is 6.16 Å². The Labute approximate surface area is 70.6 Å². The molecule has 66 valence electrons. The summed E-state index contributed by atoms with van der Waals surface area (Å²) in [5, 5.41) is 0. The van der Waals surface area contributed by atoms with Crippen molar-refractivity contribution in [3.63, 3.8) is 0 Å². The second-order valence-electron chi connectivity index (χ2n) is 2.58. The number of hydrogen-bond acceptors (Lipinski definition) is 1. The molecule has 12 heavy (non-hydrogen) atoms. The van der Waals surface area contributed by atoms with Crippen LogP contribution in [0.4, 0.5) is 4.20 Å². The van der Waals surface area contributed by atoms with Gasteiger partial charge in [-0.25, -0.2) is 0 Å². The van der Waals surface area contributed by atoms with Gasteiger partial charge < -0.3 is 4.89 Å². The minimum Gasteiger partial charge on any atom is -0.321 e. The van der Waals surface area contributed by atoms with Crippen LogP contribution in [0.1, 0.15) is 5.56 Å². The number of benzene rings is 1. The predicted molar refractivity (Wildman–Crippen MR) is 45.9 cm³/mol. The highest BCUT2D eigenvalue weighted by atomic mass is 31.2. The van der Waals surface area contributed by atoms with Gasteiger partial charge in [0.1, 0.15) is 0 Å². The van der Waals surface area contributed by atoms with Gasteiger partial charge in [0, 0.05) is 0 Å². The zero-order valence-corrected chi connectivity index (χ0v) is 7.38. The van der Waals surface area contributed by atoms with Gasteiger partial charge in [0.25, 0.3) is 0 Å². The molecule has 1 N–H and O–H groups in total. The Kier molecular flexibility index (Phi) is 3.01. The predicted octanol–water partition coefficient (Wildman–Crippen LogP) is 2.38. The van der Waals surface area contributed by atoms with Crippen LogP contribution < -0.4 is 0 Å². The molecule has 1 aromatic carbocycles. The molecule has 0 bridgehead atoms. The van der Waals surface area contributed by atoms with Crippen LogP contribution in [0.25, 0.3) is 0 Å². The fourth-order valence-corrected chi connectivity index (χ4v) is 1.45. The third-order valence-electron chi connectivity index (χ3n) is 1.52. The first-order valence-electron chi connectivity index (χ1n) is 3.63. The lowest BCUT2D eigenvalue weighted by molar-refractivity contribution is 0.429. The molecule has 0 heterocycles. The molecule has 4 heteroatoms. The van der Waals surface area contributed by atoms with Gasteiger partial charge in [-0.1, -0.05) is 30.3 Å². The van der Waals surface area contributed by atoms with Crippen LogP contribution in [0.3, 0.4) is 0 Å². The summed E-state index contributed by atoms with van der Waals surface area (Å²) < 4.78 is 22.5. The third-order valence-corrected chi connectivity index (χ3v) is 2.29. The van der Waals surface area contributed by atoms with Crippen LogP contribution in [-0.2, 0) is 11.0 Å². The average Bonchev–Trinajstić information content (AvgIpc) is 2.02. The number of halogens is 1. The van der Waals surface area contributed by atoms with E-state index in [1.54, 1.807) is 12.1 Å². The zero-order valence-electron chi connectivity index (χ0n) is 6.48. The Balaban J connectivity index is 2.50. The zero-order chi connectivity index (χ0) is 9.03. The van der Waals surface area contributed by atoms with Crippen molar-refractivity contribution in [2.45, 2.75) is 6.42 Å². The highest BCUT2D eigenvalue weighted by molar-refractivity contribution is 7.52. The Bertz CT molecular complexity index is 280. The third kappa shape index (κ3) is 3.65. The fourth-order valence-electron chi connectivity index (χ4n) is 0.912. The minimum atomic E-state index is -4.33. The van der Waals surface area contributed by atoms with E-state index >= 15 is 0 Å². The largest absolute Gasteiger partial charge is 0.365 e. The first-order chi connectivity index (χ1) is 5.58. The molecule has 0 saturated heterocycles. The molecule has 0 amide bonds. The standard InChI is InChI=1S/C8H10FO2P/c9-12(10,11)7-6-8-4-2-1-3-5-8/h1-5H,6-7H2,(H,10,11). The lowest BCUT2D eigenvalue weighted by Crippen LogP contribution is -1.90. The van der Waals surface area contributed by atoms with Crippen LogP contribution in [0.15, 0.2) is 30.3 Å². The maximum atomic E-state index is 12.2. The molecule has 0 aliphatic carbocycles. The van der Waals surface area contributed by atoms with Gasteiger partial charge in [0.05, 0.1) is 6.16 Å². The van der Waals surface area contributed by atoms with Gasteiger partial charge in [-0.3, -0.25) is 4.57 Å². The highest BCUT2D eigenvalue weighted by Gasteiger charge is 2.14. The van der Waals surface area contributed by atoms with Gasteiger partial charge in [-0.05, 0) is 12.0 Å². The summed E-state index contributed by atoms with van der Waals surface area (Å²) in [4.78, 5) is 8.37. The van der Waals surface area contributed by atoms with Crippen molar-refractivity contribution in [2.75, 3.05) is 6.16 Å². The fraction of sp³-hybridized carbons (Fsp3) is 0.250. The Hall–Kier alpha value is -0.660. The van der Waals surface area contributed by atoms with Gasteiger partial charge >= 0.3 is 7.68 Å². The molecule has 0 fully saturated rings. The summed E-state index contributed by atoms with van der Waals surface area (Å²) in [5.74, 6) is 0. The molecule has 0 spiro atoms. The summed E-state index contributed by atoms with van der Waals surface area (Å²) in [5.41, 5.74) is 0.879. The summed E-state index contributed by atoms with van der Waals surface area (Å²) in [6.45, 7) is 0. The normalized spacial score (nSPS) is 15.5. The number of aryl methyl sites for hydroxylation is 1. The molecule has 1 atom stereocenters. The van der Waals surface area contributed by atoms with Crippen molar-refractivity contribution in [1.82, 2.24) is 0 Å². The second-order valence-corrected chi connectivity index (χ2v) is 4.26. The lowest BCUT2D eigenvalue weighted by atomic mass is 10.2. The number of hydrogen-bond donors (Lipinski definition) is 1. The van der Waals surface area contributed by atoms with Crippen molar-refractivity contribution in [3.05, 3.63) is 35.9 Å². The summed E-state index contributed by atoms with van der Waals surface area (Å²) in [6, 6.07) is 9.08. The van der Waals surface area contributed by atoms with E-state index in [0.29, 0.717) is 6.42 Å². The Morgan fingerprint density at radius 2 is 1.92 bits per heavy atom. The maximum absolute atomic E-state index is 12.2. The first kappa shape index (κ1) is 9.43. The molecule has 0 saturated carbocycles. The van der Waals surface area contributed by atoms with Crippen molar-refractivity contribution in [2.24, 2.45) is 0 Å².